The highest BCUT2D eigenvalue weighted by Crippen LogP contribution is 2.17. The van der Waals surface area contributed by atoms with Gasteiger partial charge in [0.25, 0.3) is 5.91 Å². The highest BCUT2D eigenvalue weighted by atomic mass is 19.1. The predicted molar refractivity (Wildman–Crippen MR) is 109 cm³/mol. The van der Waals surface area contributed by atoms with Crippen molar-refractivity contribution in [3.05, 3.63) is 65.5 Å². The van der Waals surface area contributed by atoms with Crippen LogP contribution in [-0.2, 0) is 6.54 Å². The second-order valence-electron chi connectivity index (χ2n) is 7.78. The molecule has 0 aliphatic carbocycles. The number of halogens is 1. The molecule has 150 valence electrons. The maximum atomic E-state index is 13.1. The molecule has 0 unspecified atom stereocenters. The fourth-order valence-electron chi connectivity index (χ4n) is 3.34. The van der Waals surface area contributed by atoms with Crippen molar-refractivity contribution in [1.82, 2.24) is 9.80 Å². The number of benzene rings is 2. The molecule has 2 aromatic rings. The Bertz CT molecular complexity index is 776. The lowest BCUT2D eigenvalue weighted by atomic mass is 10.2. The summed E-state index contributed by atoms with van der Waals surface area (Å²) in [6.07, 6.45) is 0.927. The average Bonchev–Trinajstić information content (AvgIpc) is 2.93. The number of ether oxygens (including phenoxy) is 1. The van der Waals surface area contributed by atoms with Crippen LogP contribution in [0.1, 0.15) is 36.2 Å². The van der Waals surface area contributed by atoms with Crippen LogP contribution in [0.2, 0.25) is 0 Å². The Morgan fingerprint density at radius 1 is 1.07 bits per heavy atom. The van der Waals surface area contributed by atoms with Gasteiger partial charge >= 0.3 is 0 Å². The summed E-state index contributed by atoms with van der Waals surface area (Å²) in [5.74, 6) is 1.03. The number of amides is 1. The first-order valence-corrected chi connectivity index (χ1v) is 10.00. The maximum Gasteiger partial charge on any atom is 0.254 e. The minimum Gasteiger partial charge on any atom is -0.493 e. The van der Waals surface area contributed by atoms with Crippen LogP contribution in [0.15, 0.2) is 48.5 Å². The number of rotatable bonds is 6. The molecular weight excluding hydrogens is 355 g/mol. The Kier molecular flexibility index (Phi) is 7.04. The molecule has 0 saturated carbocycles. The smallest absolute Gasteiger partial charge is 0.254 e. The summed E-state index contributed by atoms with van der Waals surface area (Å²) in [6, 6.07) is 14.1. The molecule has 0 atom stereocenters. The van der Waals surface area contributed by atoms with Crippen molar-refractivity contribution < 1.29 is 13.9 Å². The summed E-state index contributed by atoms with van der Waals surface area (Å²) >= 11 is 0. The Labute approximate surface area is 166 Å². The van der Waals surface area contributed by atoms with Crippen LogP contribution in [0.5, 0.6) is 5.75 Å². The zero-order chi connectivity index (χ0) is 19.9. The fraction of sp³-hybridized carbons (Fsp3) is 0.435. The Hall–Kier alpha value is -2.40. The van der Waals surface area contributed by atoms with Crippen LogP contribution < -0.4 is 4.74 Å². The molecule has 0 bridgehead atoms. The first-order chi connectivity index (χ1) is 13.5. The molecule has 28 heavy (non-hydrogen) atoms. The number of nitrogens with zero attached hydrogens (tertiary/aromatic N) is 2. The molecule has 0 aromatic heterocycles. The number of carbonyl (C=O) groups excluding carboxylic acids is 1. The average molecular weight is 384 g/mol. The van der Waals surface area contributed by atoms with Crippen LogP contribution >= 0.6 is 0 Å². The molecule has 0 N–H and O–H groups in total. The summed E-state index contributed by atoms with van der Waals surface area (Å²) in [7, 11) is 0. The van der Waals surface area contributed by atoms with Crippen molar-refractivity contribution >= 4 is 5.91 Å². The van der Waals surface area contributed by atoms with E-state index in [1.54, 1.807) is 0 Å². The van der Waals surface area contributed by atoms with Crippen LogP contribution in [0.25, 0.3) is 0 Å². The third-order valence-electron chi connectivity index (χ3n) is 4.86. The van der Waals surface area contributed by atoms with E-state index in [0.29, 0.717) is 24.6 Å². The van der Waals surface area contributed by atoms with Crippen molar-refractivity contribution in [3.63, 3.8) is 0 Å². The Morgan fingerprint density at radius 2 is 1.86 bits per heavy atom. The van der Waals surface area contributed by atoms with Crippen LogP contribution in [0.3, 0.4) is 0 Å². The number of carbonyl (C=O) groups is 1. The van der Waals surface area contributed by atoms with Crippen molar-refractivity contribution in [1.29, 1.82) is 0 Å². The largest absolute Gasteiger partial charge is 0.493 e. The molecule has 1 fully saturated rings. The normalized spacial score (nSPS) is 15.5. The van der Waals surface area contributed by atoms with E-state index in [1.807, 2.05) is 41.3 Å². The molecule has 1 aliphatic heterocycles. The summed E-state index contributed by atoms with van der Waals surface area (Å²) < 4.78 is 18.8. The van der Waals surface area contributed by atoms with Crippen molar-refractivity contribution in [2.75, 3.05) is 32.8 Å². The van der Waals surface area contributed by atoms with E-state index < -0.39 is 0 Å². The molecule has 1 heterocycles. The summed E-state index contributed by atoms with van der Waals surface area (Å²) in [6.45, 7) is 8.80. The van der Waals surface area contributed by atoms with Crippen molar-refractivity contribution in [2.45, 2.75) is 26.8 Å². The van der Waals surface area contributed by atoms with E-state index in [1.165, 1.54) is 12.1 Å². The topological polar surface area (TPSA) is 32.8 Å². The quantitative estimate of drug-likeness (QED) is 0.748. The molecule has 1 aliphatic rings. The molecule has 4 nitrogen and oxygen atoms in total. The molecule has 0 radical (unpaired) electrons. The van der Waals surface area contributed by atoms with E-state index in [4.69, 9.17) is 4.74 Å². The van der Waals surface area contributed by atoms with E-state index >= 15 is 0 Å². The van der Waals surface area contributed by atoms with Gasteiger partial charge in [0.15, 0.2) is 0 Å². The molecule has 1 amide bonds. The lowest BCUT2D eigenvalue weighted by Crippen LogP contribution is -2.35. The van der Waals surface area contributed by atoms with Crippen LogP contribution in [0, 0.1) is 11.7 Å². The van der Waals surface area contributed by atoms with E-state index in [0.717, 1.165) is 43.9 Å². The zero-order valence-corrected chi connectivity index (χ0v) is 16.7. The van der Waals surface area contributed by atoms with Crippen molar-refractivity contribution in [2.24, 2.45) is 5.92 Å². The van der Waals surface area contributed by atoms with Gasteiger partial charge in [-0.1, -0.05) is 32.0 Å². The molecule has 3 rings (SSSR count). The van der Waals surface area contributed by atoms with Crippen molar-refractivity contribution in [3.8, 4) is 5.75 Å². The molecule has 0 spiro atoms. The summed E-state index contributed by atoms with van der Waals surface area (Å²) in [5.41, 5.74) is 1.77. The molecular formula is C23H29FN2O2. The van der Waals surface area contributed by atoms with Crippen LogP contribution in [-0.4, -0.2) is 48.5 Å². The first kappa shape index (κ1) is 20.3. The standard InChI is InChI=1S/C23H29FN2O2/c1-18(2)17-28-22-6-3-5-20(15-22)23(27)26-12-4-11-25(13-14-26)16-19-7-9-21(24)10-8-19/h3,5-10,15,18H,4,11-14,16-17H2,1-2H3. The maximum absolute atomic E-state index is 13.1. The highest BCUT2D eigenvalue weighted by molar-refractivity contribution is 5.94. The number of hydrogen-bond acceptors (Lipinski definition) is 3. The number of hydrogen-bond donors (Lipinski definition) is 0. The summed E-state index contributed by atoms with van der Waals surface area (Å²) in [5, 5.41) is 0. The molecule has 5 heteroatoms. The van der Waals surface area contributed by atoms with Gasteiger partial charge in [-0.15, -0.1) is 0 Å². The SMILES string of the molecule is CC(C)COc1cccc(C(=O)N2CCCN(Cc3ccc(F)cc3)CC2)c1. The third kappa shape index (κ3) is 5.80. The van der Waals surface area contributed by atoms with Gasteiger partial charge in [0.05, 0.1) is 6.61 Å². The van der Waals surface area contributed by atoms with Gasteiger partial charge in [0, 0.05) is 38.3 Å². The monoisotopic (exact) mass is 384 g/mol. The van der Waals surface area contributed by atoms with Gasteiger partial charge in [-0.05, 0) is 48.2 Å². The lowest BCUT2D eigenvalue weighted by molar-refractivity contribution is 0.0760. The molecule has 1 saturated heterocycles. The van der Waals surface area contributed by atoms with Gasteiger partial charge in [0.1, 0.15) is 11.6 Å². The van der Waals surface area contributed by atoms with Gasteiger partial charge in [-0.25, -0.2) is 4.39 Å². The molecule has 2 aromatic carbocycles. The zero-order valence-electron chi connectivity index (χ0n) is 16.7. The predicted octanol–water partition coefficient (Wildman–Crippen LogP) is 4.21. The second kappa shape index (κ2) is 9.69. The summed E-state index contributed by atoms with van der Waals surface area (Å²) in [4.78, 5) is 17.2. The van der Waals surface area contributed by atoms with E-state index in [-0.39, 0.29) is 11.7 Å². The van der Waals surface area contributed by atoms with Crippen LogP contribution in [0.4, 0.5) is 4.39 Å². The fourth-order valence-corrected chi connectivity index (χ4v) is 3.34. The highest BCUT2D eigenvalue weighted by Gasteiger charge is 2.20. The lowest BCUT2D eigenvalue weighted by Gasteiger charge is -2.22. The minimum atomic E-state index is -0.212. The van der Waals surface area contributed by atoms with Gasteiger partial charge in [-0.3, -0.25) is 9.69 Å². The third-order valence-corrected chi connectivity index (χ3v) is 4.86. The second-order valence-corrected chi connectivity index (χ2v) is 7.78. The Morgan fingerprint density at radius 3 is 2.61 bits per heavy atom. The van der Waals surface area contributed by atoms with E-state index in [9.17, 15) is 9.18 Å². The Balaban J connectivity index is 1.58. The first-order valence-electron chi connectivity index (χ1n) is 10.00. The van der Waals surface area contributed by atoms with Gasteiger partial charge in [0.2, 0.25) is 0 Å². The van der Waals surface area contributed by atoms with Gasteiger partial charge < -0.3 is 9.64 Å². The minimum absolute atomic E-state index is 0.0543. The van der Waals surface area contributed by atoms with Gasteiger partial charge in [-0.2, -0.15) is 0 Å². The van der Waals surface area contributed by atoms with E-state index in [2.05, 4.69) is 18.7 Å².